The summed E-state index contributed by atoms with van der Waals surface area (Å²) in [5.41, 5.74) is 5.97. The van der Waals surface area contributed by atoms with Gasteiger partial charge in [-0.3, -0.25) is 0 Å². The number of hydrogen-bond donors (Lipinski definition) is 2. The quantitative estimate of drug-likeness (QED) is 0.582. The van der Waals surface area contributed by atoms with Crippen LogP contribution in [0.25, 0.3) is 0 Å². The fraction of sp³-hybridized carbons (Fsp3) is 0.320. The van der Waals surface area contributed by atoms with Gasteiger partial charge in [-0.2, -0.15) is 5.10 Å². The number of benzene rings is 2. The van der Waals surface area contributed by atoms with Gasteiger partial charge in [-0.15, -0.1) is 0 Å². The fourth-order valence-corrected chi connectivity index (χ4v) is 4.07. The summed E-state index contributed by atoms with van der Waals surface area (Å²) in [6.07, 6.45) is 0.613. The average Bonchev–Trinajstić information content (AvgIpc) is 3.08. The van der Waals surface area contributed by atoms with E-state index < -0.39 is 0 Å². The summed E-state index contributed by atoms with van der Waals surface area (Å²) in [6, 6.07) is 11.3. The summed E-state index contributed by atoms with van der Waals surface area (Å²) in [4.78, 5) is 12.6. The standard InChI is InChI=1S/C25H29N5O4/c1-14-11-18-12-21(32-5)22(33-6)13-20(18)24(28-30(14)25(31)26-4)17-7-9-19(10-8-17)27-23-15(2)29-34-16(23)3/h7-10,12-14,27H,11H2,1-6H3,(H,26,31). The molecule has 0 fully saturated rings. The minimum Gasteiger partial charge on any atom is -0.493 e. The largest absolute Gasteiger partial charge is 0.493 e. The predicted octanol–water partition coefficient (Wildman–Crippen LogP) is 4.39. The van der Waals surface area contributed by atoms with Crippen molar-refractivity contribution in [3.8, 4) is 11.5 Å². The maximum atomic E-state index is 12.6. The third-order valence-electron chi connectivity index (χ3n) is 5.89. The van der Waals surface area contributed by atoms with Crippen LogP contribution in [0.4, 0.5) is 16.2 Å². The van der Waals surface area contributed by atoms with Gasteiger partial charge >= 0.3 is 6.03 Å². The predicted molar refractivity (Wildman–Crippen MR) is 130 cm³/mol. The SMILES string of the molecule is CNC(=O)N1N=C(c2ccc(Nc3c(C)noc3C)cc2)c2cc(OC)c(OC)cc2CC1C. The molecule has 178 valence electrons. The van der Waals surface area contributed by atoms with E-state index in [1.165, 1.54) is 5.01 Å². The van der Waals surface area contributed by atoms with Crippen molar-refractivity contribution in [2.24, 2.45) is 5.10 Å². The van der Waals surface area contributed by atoms with Crippen LogP contribution in [0, 0.1) is 13.8 Å². The summed E-state index contributed by atoms with van der Waals surface area (Å²) in [7, 11) is 4.82. The first-order valence-electron chi connectivity index (χ1n) is 11.0. The van der Waals surface area contributed by atoms with Crippen molar-refractivity contribution in [1.82, 2.24) is 15.5 Å². The Balaban J connectivity index is 1.79. The Kier molecular flexibility index (Phi) is 6.45. The molecule has 0 saturated heterocycles. The highest BCUT2D eigenvalue weighted by Gasteiger charge is 2.28. The maximum absolute atomic E-state index is 12.6. The number of nitrogens with one attached hydrogen (secondary N) is 2. The van der Waals surface area contributed by atoms with E-state index in [4.69, 9.17) is 19.1 Å². The molecule has 3 aromatic rings. The van der Waals surface area contributed by atoms with Crippen molar-refractivity contribution < 1.29 is 18.8 Å². The second-order valence-corrected chi connectivity index (χ2v) is 8.17. The Morgan fingerprint density at radius 2 is 1.79 bits per heavy atom. The molecule has 2 heterocycles. The number of methoxy groups -OCH3 is 2. The van der Waals surface area contributed by atoms with Crippen LogP contribution in [-0.2, 0) is 6.42 Å². The van der Waals surface area contributed by atoms with Crippen LogP contribution in [0.15, 0.2) is 46.0 Å². The molecule has 9 heteroatoms. The van der Waals surface area contributed by atoms with E-state index in [1.807, 2.05) is 57.2 Å². The Morgan fingerprint density at radius 1 is 1.12 bits per heavy atom. The van der Waals surface area contributed by atoms with Crippen molar-refractivity contribution in [3.05, 3.63) is 64.5 Å². The molecule has 4 rings (SSSR count). The van der Waals surface area contributed by atoms with E-state index in [-0.39, 0.29) is 12.1 Å². The van der Waals surface area contributed by atoms with Gasteiger partial charge in [-0.05, 0) is 57.0 Å². The number of hydrogen-bond acceptors (Lipinski definition) is 7. The Morgan fingerprint density at radius 3 is 2.38 bits per heavy atom. The van der Waals surface area contributed by atoms with Crippen LogP contribution >= 0.6 is 0 Å². The smallest absolute Gasteiger partial charge is 0.337 e. The third-order valence-corrected chi connectivity index (χ3v) is 5.89. The number of ether oxygens (including phenoxy) is 2. The number of carbonyl (C=O) groups is 1. The van der Waals surface area contributed by atoms with Crippen molar-refractivity contribution in [2.45, 2.75) is 33.2 Å². The van der Waals surface area contributed by atoms with Crippen molar-refractivity contribution in [2.75, 3.05) is 26.6 Å². The average molecular weight is 464 g/mol. The van der Waals surface area contributed by atoms with E-state index in [1.54, 1.807) is 21.3 Å². The molecule has 1 unspecified atom stereocenters. The van der Waals surface area contributed by atoms with Crippen molar-refractivity contribution >= 4 is 23.1 Å². The molecule has 0 radical (unpaired) electrons. The van der Waals surface area contributed by atoms with Gasteiger partial charge in [0, 0.05) is 23.9 Å². The van der Waals surface area contributed by atoms with Gasteiger partial charge in [-0.25, -0.2) is 9.80 Å². The molecule has 1 aliphatic heterocycles. The number of anilines is 2. The third kappa shape index (κ3) is 4.28. The zero-order chi connectivity index (χ0) is 24.4. The zero-order valence-electron chi connectivity index (χ0n) is 20.2. The van der Waals surface area contributed by atoms with Gasteiger partial charge < -0.3 is 24.6 Å². The summed E-state index contributed by atoms with van der Waals surface area (Å²) >= 11 is 0. The number of urea groups is 1. The number of aromatic nitrogens is 1. The van der Waals surface area contributed by atoms with E-state index in [0.29, 0.717) is 23.6 Å². The zero-order valence-corrected chi connectivity index (χ0v) is 20.2. The molecular formula is C25H29N5O4. The Hall–Kier alpha value is -4.01. The van der Waals surface area contributed by atoms with E-state index in [0.717, 1.165) is 39.5 Å². The van der Waals surface area contributed by atoms with Crippen molar-refractivity contribution in [3.63, 3.8) is 0 Å². The lowest BCUT2D eigenvalue weighted by Gasteiger charge is -2.22. The molecule has 1 aromatic heterocycles. The van der Waals surface area contributed by atoms with E-state index in [2.05, 4.69) is 15.8 Å². The van der Waals surface area contributed by atoms with Crippen molar-refractivity contribution in [1.29, 1.82) is 0 Å². The molecule has 2 aromatic carbocycles. The fourth-order valence-electron chi connectivity index (χ4n) is 4.07. The first-order chi connectivity index (χ1) is 16.4. The van der Waals surface area contributed by atoms with Gasteiger partial charge in [0.2, 0.25) is 0 Å². The highest BCUT2D eigenvalue weighted by Crippen LogP contribution is 2.35. The number of hydrazone groups is 1. The second-order valence-electron chi connectivity index (χ2n) is 8.17. The van der Waals surface area contributed by atoms with Crippen LogP contribution in [-0.4, -0.2) is 49.2 Å². The summed E-state index contributed by atoms with van der Waals surface area (Å²) in [5.74, 6) is 1.96. The lowest BCUT2D eigenvalue weighted by molar-refractivity contribution is 0.184. The molecule has 2 amide bonds. The van der Waals surface area contributed by atoms with Gasteiger partial charge in [0.25, 0.3) is 0 Å². The number of rotatable bonds is 5. The minimum absolute atomic E-state index is 0.158. The molecule has 0 aliphatic carbocycles. The maximum Gasteiger partial charge on any atom is 0.337 e. The van der Waals surface area contributed by atoms with E-state index in [9.17, 15) is 4.79 Å². The second kappa shape index (κ2) is 9.46. The Labute approximate surface area is 198 Å². The molecular weight excluding hydrogens is 434 g/mol. The molecule has 1 atom stereocenters. The number of carbonyl (C=O) groups excluding carboxylic acids is 1. The normalized spacial score (nSPS) is 15.2. The highest BCUT2D eigenvalue weighted by atomic mass is 16.5. The lowest BCUT2D eigenvalue weighted by Crippen LogP contribution is -2.41. The highest BCUT2D eigenvalue weighted by molar-refractivity contribution is 6.14. The number of nitrogens with zero attached hydrogens (tertiary/aromatic N) is 3. The van der Waals surface area contributed by atoms with Gasteiger partial charge in [0.15, 0.2) is 17.3 Å². The summed E-state index contributed by atoms with van der Waals surface area (Å²) in [5, 5.41) is 16.3. The van der Waals surface area contributed by atoms with Crippen LogP contribution in [0.3, 0.4) is 0 Å². The first-order valence-corrected chi connectivity index (χ1v) is 11.0. The molecule has 0 saturated carbocycles. The summed E-state index contributed by atoms with van der Waals surface area (Å²) in [6.45, 7) is 5.73. The molecule has 0 spiro atoms. The number of fused-ring (bicyclic) bond motifs is 1. The van der Waals surface area contributed by atoms with Crippen LogP contribution in [0.1, 0.15) is 35.1 Å². The van der Waals surface area contributed by atoms with Crippen LogP contribution < -0.4 is 20.1 Å². The molecule has 9 nitrogen and oxygen atoms in total. The summed E-state index contributed by atoms with van der Waals surface area (Å²) < 4.78 is 16.3. The van der Waals surface area contributed by atoms with Gasteiger partial charge in [-0.1, -0.05) is 17.3 Å². The molecule has 0 bridgehead atoms. The first kappa shape index (κ1) is 23.2. The number of amides is 2. The minimum atomic E-state index is -0.270. The monoisotopic (exact) mass is 463 g/mol. The number of aryl methyl sites for hydroxylation is 2. The van der Waals surface area contributed by atoms with E-state index >= 15 is 0 Å². The van der Waals surface area contributed by atoms with Gasteiger partial charge in [0.1, 0.15) is 11.4 Å². The van der Waals surface area contributed by atoms with Crippen LogP contribution in [0.2, 0.25) is 0 Å². The topological polar surface area (TPSA) is 101 Å². The van der Waals surface area contributed by atoms with Gasteiger partial charge in [0.05, 0.1) is 26.0 Å². The van der Waals surface area contributed by atoms with Crippen LogP contribution in [0.5, 0.6) is 11.5 Å². The lowest BCUT2D eigenvalue weighted by atomic mass is 9.94. The molecule has 1 aliphatic rings. The Bertz CT molecular complexity index is 1210. The molecule has 34 heavy (non-hydrogen) atoms. The molecule has 2 N–H and O–H groups in total.